The highest BCUT2D eigenvalue weighted by atomic mass is 32.1. The molecule has 28 heavy (non-hydrogen) atoms. The van der Waals surface area contributed by atoms with Crippen LogP contribution in [0.4, 0.5) is 4.39 Å². The Hall–Kier alpha value is -1.79. The van der Waals surface area contributed by atoms with Gasteiger partial charge in [-0.05, 0) is 24.0 Å². The van der Waals surface area contributed by atoms with E-state index in [1.54, 1.807) is 17.4 Å². The van der Waals surface area contributed by atoms with Crippen molar-refractivity contribution in [2.75, 3.05) is 26.2 Å². The number of amides is 1. The second kappa shape index (κ2) is 7.56. The molecule has 2 aliphatic rings. The quantitative estimate of drug-likeness (QED) is 0.776. The fourth-order valence-corrected chi connectivity index (χ4v) is 4.80. The topological polar surface area (TPSA) is 36.4 Å². The number of carbonyl (C=O) groups is 1. The minimum Gasteiger partial charge on any atom is -0.340 e. The van der Waals surface area contributed by atoms with E-state index in [2.05, 4.69) is 31.1 Å². The van der Waals surface area contributed by atoms with Crippen molar-refractivity contribution in [2.45, 2.75) is 45.1 Å². The first kappa shape index (κ1) is 19.5. The maximum Gasteiger partial charge on any atom is 0.226 e. The van der Waals surface area contributed by atoms with Gasteiger partial charge in [-0.25, -0.2) is 9.37 Å². The molecule has 0 radical (unpaired) electrons. The number of hydrogen-bond acceptors (Lipinski definition) is 4. The number of piperazine rings is 1. The second-order valence-corrected chi connectivity index (χ2v) is 9.82. The summed E-state index contributed by atoms with van der Waals surface area (Å²) in [6.07, 6.45) is 0.772. The highest BCUT2D eigenvalue weighted by Crippen LogP contribution is 2.49. The summed E-state index contributed by atoms with van der Waals surface area (Å²) in [7, 11) is 0. The number of rotatable bonds is 4. The molecule has 1 aliphatic heterocycles. The fourth-order valence-electron chi connectivity index (χ4n) is 3.90. The molecule has 1 saturated heterocycles. The lowest BCUT2D eigenvalue weighted by Gasteiger charge is -2.34. The Balaban J connectivity index is 1.28. The van der Waals surface area contributed by atoms with Gasteiger partial charge in [0.2, 0.25) is 5.91 Å². The lowest BCUT2D eigenvalue weighted by Crippen LogP contribution is -2.48. The van der Waals surface area contributed by atoms with Crippen LogP contribution in [-0.4, -0.2) is 46.9 Å². The summed E-state index contributed by atoms with van der Waals surface area (Å²) >= 11 is 1.73. The zero-order chi connectivity index (χ0) is 19.9. The molecule has 1 aromatic carbocycles. The number of hydrogen-bond donors (Lipinski definition) is 0. The van der Waals surface area contributed by atoms with E-state index < -0.39 is 0 Å². The molecule has 0 bridgehead atoms. The van der Waals surface area contributed by atoms with Crippen LogP contribution in [0.15, 0.2) is 29.6 Å². The van der Waals surface area contributed by atoms with E-state index in [4.69, 9.17) is 4.98 Å². The molecule has 2 unspecified atom stereocenters. The van der Waals surface area contributed by atoms with Gasteiger partial charge in [-0.1, -0.05) is 39.0 Å². The minimum atomic E-state index is -0.189. The van der Waals surface area contributed by atoms with Crippen LogP contribution in [-0.2, 0) is 16.8 Å². The van der Waals surface area contributed by atoms with Crippen molar-refractivity contribution in [2.24, 2.45) is 5.92 Å². The molecule has 1 aliphatic carbocycles. The van der Waals surface area contributed by atoms with Crippen LogP contribution in [0.25, 0.3) is 0 Å². The lowest BCUT2D eigenvalue weighted by atomic mass is 9.98. The second-order valence-electron chi connectivity index (χ2n) is 8.97. The number of aromatic nitrogens is 1. The van der Waals surface area contributed by atoms with Crippen LogP contribution in [0.1, 0.15) is 49.4 Å². The van der Waals surface area contributed by atoms with Crippen molar-refractivity contribution in [3.05, 3.63) is 51.7 Å². The predicted octanol–water partition coefficient (Wildman–Crippen LogP) is 4.03. The van der Waals surface area contributed by atoms with Crippen molar-refractivity contribution >= 4 is 17.2 Å². The van der Waals surface area contributed by atoms with Gasteiger partial charge in [-0.2, -0.15) is 0 Å². The highest BCUT2D eigenvalue weighted by molar-refractivity contribution is 7.09. The van der Waals surface area contributed by atoms with Crippen LogP contribution < -0.4 is 0 Å². The molecule has 2 fully saturated rings. The molecular weight excluding hydrogens is 373 g/mol. The van der Waals surface area contributed by atoms with Gasteiger partial charge in [-0.15, -0.1) is 11.3 Å². The van der Waals surface area contributed by atoms with Gasteiger partial charge in [0.1, 0.15) is 5.82 Å². The molecule has 1 amide bonds. The monoisotopic (exact) mass is 401 g/mol. The van der Waals surface area contributed by atoms with Crippen LogP contribution in [0.5, 0.6) is 0 Å². The Kier molecular flexibility index (Phi) is 5.27. The van der Waals surface area contributed by atoms with Gasteiger partial charge in [0.05, 0.1) is 10.7 Å². The predicted molar refractivity (Wildman–Crippen MR) is 110 cm³/mol. The summed E-state index contributed by atoms with van der Waals surface area (Å²) in [4.78, 5) is 21.9. The minimum absolute atomic E-state index is 0.0451. The van der Waals surface area contributed by atoms with Crippen LogP contribution >= 0.6 is 11.3 Å². The number of nitrogens with zero attached hydrogens (tertiary/aromatic N) is 3. The Bertz CT molecular complexity index is 851. The molecule has 1 saturated carbocycles. The average Bonchev–Trinajstić information content (AvgIpc) is 3.30. The van der Waals surface area contributed by atoms with Gasteiger partial charge in [-0.3, -0.25) is 9.69 Å². The number of halogens is 1. The maximum atomic E-state index is 14.0. The molecule has 0 spiro atoms. The van der Waals surface area contributed by atoms with Crippen LogP contribution in [0, 0.1) is 11.7 Å². The molecular formula is C22H28FN3OS. The average molecular weight is 402 g/mol. The van der Waals surface area contributed by atoms with E-state index in [1.807, 2.05) is 17.0 Å². The number of thiazole rings is 1. The first-order valence-electron chi connectivity index (χ1n) is 10.0. The fraction of sp³-hybridized carbons (Fsp3) is 0.545. The van der Waals surface area contributed by atoms with Gasteiger partial charge in [0, 0.05) is 49.4 Å². The van der Waals surface area contributed by atoms with Crippen molar-refractivity contribution in [3.63, 3.8) is 0 Å². The van der Waals surface area contributed by atoms with E-state index in [9.17, 15) is 9.18 Å². The van der Waals surface area contributed by atoms with Gasteiger partial charge in [0.15, 0.2) is 0 Å². The molecule has 1 aromatic heterocycles. The van der Waals surface area contributed by atoms with E-state index in [0.29, 0.717) is 5.56 Å². The summed E-state index contributed by atoms with van der Waals surface area (Å²) in [6.45, 7) is 10.6. The third kappa shape index (κ3) is 4.13. The molecule has 2 aromatic rings. The normalized spacial score (nSPS) is 23.1. The smallest absolute Gasteiger partial charge is 0.226 e. The Morgan fingerprint density at radius 1 is 1.21 bits per heavy atom. The summed E-state index contributed by atoms with van der Waals surface area (Å²) in [5, 5.41) is 3.32. The molecule has 4 nitrogen and oxygen atoms in total. The summed E-state index contributed by atoms with van der Waals surface area (Å²) in [5.41, 5.74) is 1.90. The van der Waals surface area contributed by atoms with Gasteiger partial charge in [0.25, 0.3) is 0 Å². The van der Waals surface area contributed by atoms with E-state index in [0.717, 1.165) is 44.8 Å². The van der Waals surface area contributed by atoms with Gasteiger partial charge < -0.3 is 4.90 Å². The molecule has 0 N–H and O–H groups in total. The van der Waals surface area contributed by atoms with E-state index in [-0.39, 0.29) is 29.0 Å². The number of benzene rings is 1. The molecule has 2 atom stereocenters. The highest BCUT2D eigenvalue weighted by Gasteiger charge is 2.47. The Morgan fingerprint density at radius 3 is 2.57 bits per heavy atom. The first-order chi connectivity index (χ1) is 13.3. The van der Waals surface area contributed by atoms with E-state index >= 15 is 0 Å². The molecule has 2 heterocycles. The summed E-state index contributed by atoms with van der Waals surface area (Å²) in [5.74, 6) is 0.0102. The van der Waals surface area contributed by atoms with Gasteiger partial charge >= 0.3 is 0 Å². The largest absolute Gasteiger partial charge is 0.340 e. The Labute approximate surface area is 170 Å². The number of carbonyl (C=O) groups excluding carboxylic acids is 1. The lowest BCUT2D eigenvalue weighted by molar-refractivity contribution is -0.134. The van der Waals surface area contributed by atoms with Crippen LogP contribution in [0.2, 0.25) is 0 Å². The first-order valence-corrected chi connectivity index (χ1v) is 10.9. The zero-order valence-corrected chi connectivity index (χ0v) is 17.6. The zero-order valence-electron chi connectivity index (χ0n) is 16.8. The van der Waals surface area contributed by atoms with E-state index in [1.165, 1.54) is 11.1 Å². The van der Waals surface area contributed by atoms with Crippen molar-refractivity contribution < 1.29 is 9.18 Å². The Morgan fingerprint density at radius 2 is 1.93 bits per heavy atom. The summed E-state index contributed by atoms with van der Waals surface area (Å²) in [6, 6.07) is 6.84. The third-order valence-electron chi connectivity index (χ3n) is 5.68. The standard InChI is InChI=1S/C22H28FN3OS/c1-22(2,3)21-24-15(14-28-21)13-25-8-10-26(11-9-25)20(27)18-12-17(18)16-6-4-5-7-19(16)23/h4-7,14,17-18H,8-13H2,1-3H3. The summed E-state index contributed by atoms with van der Waals surface area (Å²) < 4.78 is 14.0. The molecule has 150 valence electrons. The van der Waals surface area contributed by atoms with Crippen LogP contribution in [0.3, 0.4) is 0 Å². The maximum absolute atomic E-state index is 14.0. The van der Waals surface area contributed by atoms with Crippen molar-refractivity contribution in [3.8, 4) is 0 Å². The SMILES string of the molecule is CC(C)(C)c1nc(CN2CCN(C(=O)C3CC3c3ccccc3F)CC2)cs1. The van der Waals surface area contributed by atoms with Crippen molar-refractivity contribution in [1.82, 2.24) is 14.8 Å². The molecule has 6 heteroatoms. The van der Waals surface area contributed by atoms with Crippen molar-refractivity contribution in [1.29, 1.82) is 0 Å². The third-order valence-corrected chi connectivity index (χ3v) is 6.99. The molecule has 4 rings (SSSR count).